The van der Waals surface area contributed by atoms with Gasteiger partial charge in [-0.05, 0) is 69.6 Å². The summed E-state index contributed by atoms with van der Waals surface area (Å²) in [6, 6.07) is 33.0. The van der Waals surface area contributed by atoms with Gasteiger partial charge in [0.2, 0.25) is 10.0 Å². The van der Waals surface area contributed by atoms with Crippen molar-refractivity contribution in [3.8, 4) is 22.3 Å². The van der Waals surface area contributed by atoms with Crippen LogP contribution in [0.25, 0.3) is 33.0 Å². The molecule has 5 aromatic rings. The summed E-state index contributed by atoms with van der Waals surface area (Å²) < 4.78 is 55.2. The van der Waals surface area contributed by atoms with Gasteiger partial charge in [-0.25, -0.2) is 21.5 Å². The summed E-state index contributed by atoms with van der Waals surface area (Å²) in [4.78, 5) is 0. The second kappa shape index (κ2) is 10.3. The van der Waals surface area contributed by atoms with Crippen molar-refractivity contribution in [1.29, 1.82) is 0 Å². The second-order valence-electron chi connectivity index (χ2n) is 11.4. The molecule has 1 saturated heterocycles. The largest absolute Gasteiger partial charge is 0.384 e. The lowest BCUT2D eigenvalue weighted by molar-refractivity contribution is 0.249. The van der Waals surface area contributed by atoms with Crippen LogP contribution in [0.3, 0.4) is 0 Å². The summed E-state index contributed by atoms with van der Waals surface area (Å²) in [5.41, 5.74) is 6.77. The minimum atomic E-state index is -3.74. The molecule has 2 aliphatic heterocycles. The molecular formula is C35H30F2N2O2S. The van der Waals surface area contributed by atoms with Crippen molar-refractivity contribution in [2.24, 2.45) is 0 Å². The average Bonchev–Trinajstić information content (AvgIpc) is 3.35. The molecule has 1 fully saturated rings. The smallest absolute Gasteiger partial charge is 0.218 e. The summed E-state index contributed by atoms with van der Waals surface area (Å²) in [6.07, 6.45) is 1.34. The zero-order valence-electron chi connectivity index (χ0n) is 23.0. The number of sulfonamides is 1. The number of nitrogens with zero attached hydrogens (tertiary/aromatic N) is 1. The monoisotopic (exact) mass is 580 g/mol. The molecule has 7 rings (SSSR count). The van der Waals surface area contributed by atoms with Gasteiger partial charge < -0.3 is 5.32 Å². The molecule has 42 heavy (non-hydrogen) atoms. The Hall–Kier alpha value is -4.07. The number of anilines is 1. The van der Waals surface area contributed by atoms with Crippen LogP contribution in [0, 0.1) is 11.6 Å². The van der Waals surface area contributed by atoms with Gasteiger partial charge in [-0.15, -0.1) is 0 Å². The SMILES string of the molecule is O=S(=O)(Cc1ccc(F)cc1F)N1CCC2(CC1)CNc1ccc(-c3ccc(-c4cccc5ccccc45)cc3)cc12. The highest BCUT2D eigenvalue weighted by atomic mass is 32.2. The van der Waals surface area contributed by atoms with Gasteiger partial charge in [0.25, 0.3) is 0 Å². The average molecular weight is 581 g/mol. The topological polar surface area (TPSA) is 49.4 Å². The van der Waals surface area contributed by atoms with Crippen LogP contribution >= 0.6 is 0 Å². The Morgan fingerprint density at radius 1 is 0.762 bits per heavy atom. The van der Waals surface area contributed by atoms with Crippen LogP contribution in [0.15, 0.2) is 103 Å². The van der Waals surface area contributed by atoms with Crippen LogP contribution in [0.4, 0.5) is 14.5 Å². The molecule has 0 atom stereocenters. The quantitative estimate of drug-likeness (QED) is 0.231. The third-order valence-corrected chi connectivity index (χ3v) is 10.8. The molecule has 0 aliphatic carbocycles. The maximum atomic E-state index is 14.2. The van der Waals surface area contributed by atoms with Crippen molar-refractivity contribution in [1.82, 2.24) is 4.31 Å². The van der Waals surface area contributed by atoms with E-state index in [4.69, 9.17) is 0 Å². The van der Waals surface area contributed by atoms with Gasteiger partial charge in [-0.1, -0.05) is 78.9 Å². The van der Waals surface area contributed by atoms with Crippen LogP contribution in [-0.4, -0.2) is 32.4 Å². The van der Waals surface area contributed by atoms with E-state index in [9.17, 15) is 17.2 Å². The van der Waals surface area contributed by atoms with Crippen LogP contribution in [0.2, 0.25) is 0 Å². The Morgan fingerprint density at radius 2 is 1.48 bits per heavy atom. The van der Waals surface area contributed by atoms with Crippen molar-refractivity contribution in [2.75, 3.05) is 25.0 Å². The fourth-order valence-corrected chi connectivity index (χ4v) is 8.11. The zero-order valence-corrected chi connectivity index (χ0v) is 23.8. The van der Waals surface area contributed by atoms with E-state index in [1.807, 2.05) is 0 Å². The highest BCUT2D eigenvalue weighted by molar-refractivity contribution is 7.88. The minimum Gasteiger partial charge on any atom is -0.384 e. The van der Waals surface area contributed by atoms with Crippen molar-refractivity contribution in [3.63, 3.8) is 0 Å². The maximum absolute atomic E-state index is 14.2. The van der Waals surface area contributed by atoms with Gasteiger partial charge in [0.15, 0.2) is 0 Å². The van der Waals surface area contributed by atoms with E-state index in [0.717, 1.165) is 35.5 Å². The highest BCUT2D eigenvalue weighted by Gasteiger charge is 2.43. The summed E-state index contributed by atoms with van der Waals surface area (Å²) in [5.74, 6) is -2.03. The summed E-state index contributed by atoms with van der Waals surface area (Å²) in [5, 5.41) is 5.99. The molecule has 2 heterocycles. The summed E-state index contributed by atoms with van der Waals surface area (Å²) >= 11 is 0. The molecule has 7 heteroatoms. The Kier molecular flexibility index (Phi) is 6.59. The normalized spacial score (nSPS) is 16.4. The van der Waals surface area contributed by atoms with E-state index in [-0.39, 0.29) is 11.0 Å². The molecule has 212 valence electrons. The molecule has 2 aliphatic rings. The number of hydrogen-bond donors (Lipinski definition) is 1. The number of rotatable bonds is 5. The van der Waals surface area contributed by atoms with Crippen LogP contribution in [0.1, 0.15) is 24.0 Å². The molecule has 0 bridgehead atoms. The van der Waals surface area contributed by atoms with E-state index < -0.39 is 27.4 Å². The number of hydrogen-bond acceptors (Lipinski definition) is 3. The molecule has 5 aromatic carbocycles. The second-order valence-corrected chi connectivity index (χ2v) is 13.4. The lowest BCUT2D eigenvalue weighted by Crippen LogP contribution is -2.46. The third kappa shape index (κ3) is 4.76. The van der Waals surface area contributed by atoms with Crippen molar-refractivity contribution in [3.05, 3.63) is 126 Å². The highest BCUT2D eigenvalue weighted by Crippen LogP contribution is 2.46. The van der Waals surface area contributed by atoms with E-state index >= 15 is 0 Å². The predicted molar refractivity (Wildman–Crippen MR) is 165 cm³/mol. The number of halogens is 2. The van der Waals surface area contributed by atoms with E-state index in [2.05, 4.69) is 90.2 Å². The first-order chi connectivity index (χ1) is 20.3. The van der Waals surface area contributed by atoms with Crippen molar-refractivity contribution >= 4 is 26.5 Å². The third-order valence-electron chi connectivity index (χ3n) is 8.95. The summed E-state index contributed by atoms with van der Waals surface area (Å²) in [6.45, 7) is 1.47. The number of benzene rings is 5. The molecule has 0 radical (unpaired) electrons. The lowest BCUT2D eigenvalue weighted by atomic mass is 9.74. The molecule has 0 amide bonds. The summed E-state index contributed by atoms with van der Waals surface area (Å²) in [7, 11) is -3.74. The van der Waals surface area contributed by atoms with Gasteiger partial charge in [0.1, 0.15) is 11.6 Å². The van der Waals surface area contributed by atoms with Crippen LogP contribution in [0.5, 0.6) is 0 Å². The van der Waals surface area contributed by atoms with E-state index in [1.54, 1.807) is 0 Å². The number of nitrogens with one attached hydrogen (secondary N) is 1. The Labute approximate surface area is 244 Å². The van der Waals surface area contributed by atoms with Gasteiger partial charge in [0.05, 0.1) is 5.75 Å². The molecule has 0 saturated carbocycles. The first kappa shape index (κ1) is 26.8. The first-order valence-corrected chi connectivity index (χ1v) is 15.8. The molecule has 1 spiro atoms. The van der Waals surface area contributed by atoms with Gasteiger partial charge >= 0.3 is 0 Å². The molecule has 0 unspecified atom stereocenters. The molecule has 1 N–H and O–H groups in total. The fourth-order valence-electron chi connectivity index (χ4n) is 6.56. The van der Waals surface area contributed by atoms with Crippen LogP contribution < -0.4 is 5.32 Å². The minimum absolute atomic E-state index is 0.0133. The van der Waals surface area contributed by atoms with Crippen molar-refractivity contribution in [2.45, 2.75) is 24.0 Å². The number of fused-ring (bicyclic) bond motifs is 3. The van der Waals surface area contributed by atoms with Gasteiger partial charge in [0, 0.05) is 42.4 Å². The fraction of sp³-hybridized carbons (Fsp3) is 0.200. The van der Waals surface area contributed by atoms with E-state index in [1.165, 1.54) is 37.8 Å². The van der Waals surface area contributed by atoms with E-state index in [0.29, 0.717) is 25.9 Å². The first-order valence-electron chi connectivity index (χ1n) is 14.2. The maximum Gasteiger partial charge on any atom is 0.218 e. The Morgan fingerprint density at radius 3 is 2.26 bits per heavy atom. The van der Waals surface area contributed by atoms with Crippen LogP contribution in [-0.2, 0) is 21.2 Å². The molecular weight excluding hydrogens is 550 g/mol. The molecule has 4 nitrogen and oxygen atoms in total. The predicted octanol–water partition coefficient (Wildman–Crippen LogP) is 7.74. The standard InChI is InChI=1S/C35H30F2N2O2S/c36-29-14-12-28(33(37)21-29)22-42(40,41)39-18-16-35(17-19-39)23-38-34-15-13-27(20-32(34)35)24-8-10-26(11-9-24)31-7-3-5-25-4-1-2-6-30(25)31/h1-15,20-21,38H,16-19,22-23H2. The Balaban J connectivity index is 1.11. The van der Waals surface area contributed by atoms with Gasteiger partial charge in [-0.2, -0.15) is 0 Å². The molecule has 0 aromatic heterocycles. The Bertz CT molecular complexity index is 1910. The lowest BCUT2D eigenvalue weighted by Gasteiger charge is -2.39. The van der Waals surface area contributed by atoms with Crippen molar-refractivity contribution < 1.29 is 17.2 Å². The zero-order chi connectivity index (χ0) is 28.9. The van der Waals surface area contributed by atoms with Gasteiger partial charge in [-0.3, -0.25) is 0 Å². The number of piperidine rings is 1.